The van der Waals surface area contributed by atoms with Crippen LogP contribution in [0.5, 0.6) is 17.2 Å². The lowest BCUT2D eigenvalue weighted by molar-refractivity contribution is -0.157. The Morgan fingerprint density at radius 1 is 0.564 bits per heavy atom. The molecule has 2 heterocycles. The number of nitrogens with zero attached hydrogens (tertiary/aromatic N) is 2. The molecule has 0 aliphatic heterocycles. The standard InChI is InChI=1S/C43H42N2O8S2/c1-32-11-19-41(20-12-32)55(47,48)53-54(38-21-13-35(14-22-38)49-29-33-9-5-7-27-44-33,39-23-15-36(16-24-39)50-30-34-10-6-8-28-45-34)40-25-17-37(18-26-40)51-31-42(46)52-43(2,3)4/h5-28H,29-31H2,1-4H3. The van der Waals surface area contributed by atoms with Gasteiger partial charge in [-0.1, -0.05) is 29.8 Å². The highest BCUT2D eigenvalue weighted by molar-refractivity contribution is 8.33. The first kappa shape index (κ1) is 39.0. The lowest BCUT2D eigenvalue weighted by Gasteiger charge is -2.39. The van der Waals surface area contributed by atoms with Crippen molar-refractivity contribution in [1.82, 2.24) is 9.97 Å². The number of hydrogen-bond acceptors (Lipinski definition) is 10. The third kappa shape index (κ3) is 10.3. The molecule has 0 amide bonds. The van der Waals surface area contributed by atoms with E-state index in [1.165, 1.54) is 12.1 Å². The Kier molecular flexibility index (Phi) is 12.2. The first-order valence-corrected chi connectivity index (χ1v) is 20.4. The van der Waals surface area contributed by atoms with E-state index in [2.05, 4.69) is 9.97 Å². The number of aryl methyl sites for hydroxylation is 1. The zero-order valence-corrected chi connectivity index (χ0v) is 32.6. The molecule has 0 radical (unpaired) electrons. The zero-order valence-electron chi connectivity index (χ0n) is 31.0. The van der Waals surface area contributed by atoms with Crippen LogP contribution in [0.15, 0.2) is 165 Å². The minimum Gasteiger partial charge on any atom is -0.487 e. The molecule has 0 atom stereocenters. The third-order valence-electron chi connectivity index (χ3n) is 7.97. The van der Waals surface area contributed by atoms with Gasteiger partial charge in [-0.05, 0) is 147 Å². The van der Waals surface area contributed by atoms with Crippen LogP contribution < -0.4 is 14.2 Å². The fourth-order valence-electron chi connectivity index (χ4n) is 5.38. The van der Waals surface area contributed by atoms with Crippen LogP contribution in [-0.2, 0) is 36.5 Å². The molecule has 284 valence electrons. The fourth-order valence-corrected chi connectivity index (χ4v) is 10.6. The van der Waals surface area contributed by atoms with Crippen molar-refractivity contribution in [2.24, 2.45) is 0 Å². The predicted molar refractivity (Wildman–Crippen MR) is 210 cm³/mol. The van der Waals surface area contributed by atoms with E-state index in [0.29, 0.717) is 31.9 Å². The van der Waals surface area contributed by atoms with Crippen LogP contribution in [0.2, 0.25) is 0 Å². The van der Waals surface area contributed by atoms with Crippen molar-refractivity contribution in [2.75, 3.05) is 6.61 Å². The number of carbonyl (C=O) groups excluding carboxylic acids is 1. The summed E-state index contributed by atoms with van der Waals surface area (Å²) in [6.07, 6.45) is 3.40. The van der Waals surface area contributed by atoms with E-state index in [1.54, 1.807) is 93.8 Å². The maximum atomic E-state index is 14.3. The molecule has 0 unspecified atom stereocenters. The molecular weight excluding hydrogens is 737 g/mol. The Balaban J connectivity index is 1.42. The Hall–Kier alpha value is -5.69. The summed E-state index contributed by atoms with van der Waals surface area (Å²) in [5.41, 5.74) is 1.77. The fraction of sp³-hybridized carbons (Fsp3) is 0.186. The number of esters is 1. The molecule has 6 rings (SSSR count). The Morgan fingerprint density at radius 2 is 0.982 bits per heavy atom. The van der Waals surface area contributed by atoms with Gasteiger partial charge in [0.25, 0.3) is 0 Å². The summed E-state index contributed by atoms with van der Waals surface area (Å²) in [5.74, 6) is 1.00. The van der Waals surface area contributed by atoms with Crippen LogP contribution in [0.25, 0.3) is 0 Å². The largest absolute Gasteiger partial charge is 0.487 e. The summed E-state index contributed by atoms with van der Waals surface area (Å²) in [7, 11) is -7.43. The second-order valence-electron chi connectivity index (χ2n) is 13.4. The van der Waals surface area contributed by atoms with Crippen LogP contribution in [0.3, 0.4) is 0 Å². The number of carbonyl (C=O) groups is 1. The molecule has 0 N–H and O–H groups in total. The number of pyridine rings is 2. The third-order valence-corrected chi connectivity index (χ3v) is 13.2. The van der Waals surface area contributed by atoms with E-state index in [0.717, 1.165) is 17.0 Å². The lowest BCUT2D eigenvalue weighted by atomic mass is 10.2. The summed E-state index contributed by atoms with van der Waals surface area (Å²) in [4.78, 5) is 22.8. The molecule has 0 saturated carbocycles. The summed E-state index contributed by atoms with van der Waals surface area (Å²) < 4.78 is 58.5. The van der Waals surface area contributed by atoms with E-state index in [4.69, 9.17) is 22.6 Å². The number of ether oxygens (including phenoxy) is 4. The van der Waals surface area contributed by atoms with Gasteiger partial charge in [0.1, 0.15) is 36.1 Å². The molecule has 0 saturated heterocycles. The molecule has 0 spiro atoms. The quantitative estimate of drug-likeness (QED) is 0.0933. The van der Waals surface area contributed by atoms with Crippen molar-refractivity contribution >= 4 is 26.4 Å². The monoisotopic (exact) mass is 778 g/mol. The van der Waals surface area contributed by atoms with E-state index in [9.17, 15) is 13.2 Å². The van der Waals surface area contributed by atoms with Crippen molar-refractivity contribution in [3.8, 4) is 17.2 Å². The predicted octanol–water partition coefficient (Wildman–Crippen LogP) is 9.27. The number of benzene rings is 4. The van der Waals surface area contributed by atoms with Gasteiger partial charge in [0, 0.05) is 27.1 Å². The normalized spacial score (nSPS) is 12.1. The Labute approximate surface area is 323 Å². The van der Waals surface area contributed by atoms with Gasteiger partial charge < -0.3 is 18.9 Å². The molecule has 10 nitrogen and oxygen atoms in total. The number of hydrogen-bond donors (Lipinski definition) is 0. The molecule has 0 aliphatic rings. The summed E-state index contributed by atoms with van der Waals surface area (Å²) in [5, 5.41) is 0. The van der Waals surface area contributed by atoms with Crippen molar-refractivity contribution in [2.45, 2.75) is 66.1 Å². The van der Waals surface area contributed by atoms with Crippen LogP contribution >= 0.6 is 10.3 Å². The van der Waals surface area contributed by atoms with Crippen molar-refractivity contribution in [3.63, 3.8) is 0 Å². The van der Waals surface area contributed by atoms with Gasteiger partial charge in [-0.3, -0.25) is 9.97 Å². The van der Waals surface area contributed by atoms with Gasteiger partial charge in [0.2, 0.25) is 0 Å². The minimum absolute atomic E-state index is 0.0120. The average molecular weight is 779 g/mol. The Morgan fingerprint density at radius 3 is 1.38 bits per heavy atom. The summed E-state index contributed by atoms with van der Waals surface area (Å²) in [6, 6.07) is 39.0. The second kappa shape index (κ2) is 17.2. The van der Waals surface area contributed by atoms with Crippen molar-refractivity contribution in [1.29, 1.82) is 0 Å². The smallest absolute Gasteiger partial charge is 0.344 e. The van der Waals surface area contributed by atoms with Crippen LogP contribution in [0, 0.1) is 6.92 Å². The highest BCUT2D eigenvalue weighted by atomic mass is 32.3. The number of rotatable bonds is 15. The first-order chi connectivity index (χ1) is 26.4. The second-order valence-corrected chi connectivity index (χ2v) is 17.9. The lowest BCUT2D eigenvalue weighted by Crippen LogP contribution is -2.27. The average Bonchev–Trinajstić information content (AvgIpc) is 3.18. The SMILES string of the molecule is Cc1ccc(S(=O)(=O)OS(c2ccc(OCC(=O)OC(C)(C)C)cc2)(c2ccc(OCc3ccccn3)cc2)c2ccc(OCc3ccccn3)cc2)cc1. The zero-order chi connectivity index (χ0) is 38.9. The van der Waals surface area contributed by atoms with Gasteiger partial charge in [0.05, 0.1) is 16.3 Å². The van der Waals surface area contributed by atoms with E-state index >= 15 is 0 Å². The molecule has 0 aliphatic carbocycles. The molecule has 2 aromatic heterocycles. The van der Waals surface area contributed by atoms with Crippen LogP contribution in [0.4, 0.5) is 0 Å². The van der Waals surface area contributed by atoms with Crippen molar-refractivity contribution in [3.05, 3.63) is 163 Å². The molecule has 4 aromatic carbocycles. The van der Waals surface area contributed by atoms with Gasteiger partial charge in [-0.25, -0.2) is 8.42 Å². The van der Waals surface area contributed by atoms with Crippen LogP contribution in [0.1, 0.15) is 37.7 Å². The maximum absolute atomic E-state index is 14.3. The molecule has 0 fully saturated rings. The molecule has 0 bridgehead atoms. The molecular formula is C43H42N2O8S2. The molecule has 6 aromatic rings. The molecule has 12 heteroatoms. The topological polar surface area (TPSA) is 123 Å². The summed E-state index contributed by atoms with van der Waals surface area (Å²) in [6.45, 7) is 7.44. The van der Waals surface area contributed by atoms with Gasteiger partial charge in [-0.15, -0.1) is 0 Å². The van der Waals surface area contributed by atoms with Gasteiger partial charge in [0.15, 0.2) is 6.61 Å². The molecule has 55 heavy (non-hydrogen) atoms. The van der Waals surface area contributed by atoms with E-state index in [1.807, 2.05) is 67.6 Å². The highest BCUT2D eigenvalue weighted by Crippen LogP contribution is 2.70. The summed E-state index contributed by atoms with van der Waals surface area (Å²) >= 11 is 0. The maximum Gasteiger partial charge on any atom is 0.344 e. The van der Waals surface area contributed by atoms with Gasteiger partial charge in [-0.2, -0.15) is 8.42 Å². The van der Waals surface area contributed by atoms with E-state index in [-0.39, 0.29) is 24.7 Å². The van der Waals surface area contributed by atoms with Crippen LogP contribution in [-0.4, -0.2) is 36.6 Å². The first-order valence-electron chi connectivity index (χ1n) is 17.5. The highest BCUT2D eigenvalue weighted by Gasteiger charge is 2.38. The minimum atomic E-state index is -4.38. The Bertz CT molecular complexity index is 2180. The number of aromatic nitrogens is 2. The van der Waals surface area contributed by atoms with Gasteiger partial charge >= 0.3 is 16.1 Å². The van der Waals surface area contributed by atoms with E-state index < -0.39 is 32.0 Å². The van der Waals surface area contributed by atoms with Crippen molar-refractivity contribution < 1.29 is 35.8 Å².